The van der Waals surface area contributed by atoms with Crippen molar-refractivity contribution in [3.8, 4) is 0 Å². The summed E-state index contributed by atoms with van der Waals surface area (Å²) in [5.41, 5.74) is 0.918. The number of ether oxygens (including phenoxy) is 1. The van der Waals surface area contributed by atoms with Gasteiger partial charge in [0.25, 0.3) is 0 Å². The van der Waals surface area contributed by atoms with Gasteiger partial charge in [0.15, 0.2) is 0 Å². The molecule has 0 fully saturated rings. The van der Waals surface area contributed by atoms with Crippen LogP contribution in [0.3, 0.4) is 0 Å². The van der Waals surface area contributed by atoms with Gasteiger partial charge >= 0.3 is 0 Å². The van der Waals surface area contributed by atoms with Crippen molar-refractivity contribution >= 4 is 17.6 Å². The first-order chi connectivity index (χ1) is 7.65. The zero-order valence-electron chi connectivity index (χ0n) is 10.3. The standard InChI is InChI=1S/C11H19N3OS/c1-8(2)16-7-11-13-9(6-15-4)5-10(12-3)14-11/h5,8H,6-7H2,1-4H3,(H,12,13,14). The lowest BCUT2D eigenvalue weighted by Gasteiger charge is -2.08. The summed E-state index contributed by atoms with van der Waals surface area (Å²) >= 11 is 1.84. The van der Waals surface area contributed by atoms with Crippen LogP contribution < -0.4 is 5.32 Å². The fourth-order valence-corrected chi connectivity index (χ4v) is 1.82. The van der Waals surface area contributed by atoms with Gasteiger partial charge in [-0.25, -0.2) is 9.97 Å². The van der Waals surface area contributed by atoms with Crippen molar-refractivity contribution in [1.29, 1.82) is 0 Å². The molecule has 1 aromatic heterocycles. The number of thioether (sulfide) groups is 1. The smallest absolute Gasteiger partial charge is 0.140 e. The molecule has 0 saturated heterocycles. The van der Waals surface area contributed by atoms with Crippen LogP contribution in [0.5, 0.6) is 0 Å². The molecule has 0 radical (unpaired) electrons. The summed E-state index contributed by atoms with van der Waals surface area (Å²) in [6, 6.07) is 1.91. The van der Waals surface area contributed by atoms with Crippen molar-refractivity contribution < 1.29 is 4.74 Å². The lowest BCUT2D eigenvalue weighted by atomic mass is 10.4. The van der Waals surface area contributed by atoms with Gasteiger partial charge in [0, 0.05) is 20.2 Å². The molecule has 0 bridgehead atoms. The van der Waals surface area contributed by atoms with E-state index in [0.29, 0.717) is 11.9 Å². The number of nitrogens with one attached hydrogen (secondary N) is 1. The molecule has 0 amide bonds. The van der Waals surface area contributed by atoms with E-state index in [1.807, 2.05) is 24.9 Å². The molecular formula is C11H19N3OS. The Balaban J connectivity index is 2.77. The Hall–Kier alpha value is -0.810. The predicted molar refractivity (Wildman–Crippen MR) is 68.7 cm³/mol. The van der Waals surface area contributed by atoms with Crippen LogP contribution in [-0.2, 0) is 17.1 Å². The molecule has 0 saturated carbocycles. The van der Waals surface area contributed by atoms with Crippen LogP contribution in [0, 0.1) is 0 Å². The summed E-state index contributed by atoms with van der Waals surface area (Å²) in [5, 5.41) is 3.63. The quantitative estimate of drug-likeness (QED) is 0.828. The normalized spacial score (nSPS) is 10.8. The van der Waals surface area contributed by atoms with E-state index in [1.165, 1.54) is 0 Å². The molecule has 0 aliphatic rings. The van der Waals surface area contributed by atoms with Crippen molar-refractivity contribution in [2.75, 3.05) is 19.5 Å². The first-order valence-corrected chi connectivity index (χ1v) is 6.35. The molecule has 90 valence electrons. The second-order valence-corrected chi connectivity index (χ2v) is 5.27. The Morgan fingerprint density at radius 2 is 2.19 bits per heavy atom. The van der Waals surface area contributed by atoms with Crippen LogP contribution >= 0.6 is 11.8 Å². The Bertz CT molecular complexity index is 331. The minimum absolute atomic E-state index is 0.524. The summed E-state index contributed by atoms with van der Waals surface area (Å²) in [5.74, 6) is 2.54. The summed E-state index contributed by atoms with van der Waals surface area (Å²) in [7, 11) is 3.53. The van der Waals surface area contributed by atoms with Gasteiger partial charge in [0.2, 0.25) is 0 Å². The SMILES string of the molecule is CNc1cc(COC)nc(CSC(C)C)n1. The lowest BCUT2D eigenvalue weighted by molar-refractivity contribution is 0.181. The molecule has 0 aliphatic carbocycles. The first-order valence-electron chi connectivity index (χ1n) is 5.30. The number of nitrogens with zero attached hydrogens (tertiary/aromatic N) is 2. The van der Waals surface area contributed by atoms with E-state index < -0.39 is 0 Å². The summed E-state index contributed by atoms with van der Waals surface area (Å²) < 4.78 is 5.08. The number of rotatable bonds is 6. The molecule has 0 atom stereocenters. The highest BCUT2D eigenvalue weighted by Crippen LogP contribution is 2.16. The second kappa shape index (κ2) is 6.70. The maximum Gasteiger partial charge on any atom is 0.140 e. The van der Waals surface area contributed by atoms with Crippen LogP contribution in [0.1, 0.15) is 25.4 Å². The molecule has 1 rings (SSSR count). The lowest BCUT2D eigenvalue weighted by Crippen LogP contribution is -2.04. The molecule has 0 spiro atoms. The molecule has 1 N–H and O–H groups in total. The molecule has 5 heteroatoms. The van der Waals surface area contributed by atoms with Gasteiger partial charge in [0.1, 0.15) is 11.6 Å². The van der Waals surface area contributed by atoms with Gasteiger partial charge in [-0.05, 0) is 5.25 Å². The number of methoxy groups -OCH3 is 1. The van der Waals surface area contributed by atoms with Crippen molar-refractivity contribution in [2.24, 2.45) is 0 Å². The van der Waals surface area contributed by atoms with Gasteiger partial charge in [-0.2, -0.15) is 11.8 Å². The van der Waals surface area contributed by atoms with Crippen LogP contribution in [0.4, 0.5) is 5.82 Å². The van der Waals surface area contributed by atoms with E-state index in [2.05, 4.69) is 29.1 Å². The monoisotopic (exact) mass is 241 g/mol. The van der Waals surface area contributed by atoms with E-state index in [1.54, 1.807) is 7.11 Å². The number of aromatic nitrogens is 2. The fraction of sp³-hybridized carbons (Fsp3) is 0.636. The zero-order valence-corrected chi connectivity index (χ0v) is 11.1. The number of hydrogen-bond donors (Lipinski definition) is 1. The highest BCUT2D eigenvalue weighted by atomic mass is 32.2. The average Bonchev–Trinajstić information content (AvgIpc) is 2.26. The van der Waals surface area contributed by atoms with Gasteiger partial charge in [-0.1, -0.05) is 13.8 Å². The largest absolute Gasteiger partial charge is 0.378 e. The number of hydrogen-bond acceptors (Lipinski definition) is 5. The van der Waals surface area contributed by atoms with Crippen LogP contribution in [0.2, 0.25) is 0 Å². The number of anilines is 1. The summed E-state index contributed by atoms with van der Waals surface area (Å²) in [6.45, 7) is 4.86. The zero-order chi connectivity index (χ0) is 12.0. The Morgan fingerprint density at radius 1 is 1.44 bits per heavy atom. The minimum Gasteiger partial charge on any atom is -0.378 e. The molecule has 0 aromatic carbocycles. The van der Waals surface area contributed by atoms with Crippen LogP contribution in [-0.4, -0.2) is 29.4 Å². The topological polar surface area (TPSA) is 47.0 Å². The van der Waals surface area contributed by atoms with Crippen molar-refractivity contribution in [1.82, 2.24) is 9.97 Å². The van der Waals surface area contributed by atoms with E-state index in [-0.39, 0.29) is 0 Å². The van der Waals surface area contributed by atoms with E-state index in [4.69, 9.17) is 4.74 Å². The van der Waals surface area contributed by atoms with Gasteiger partial charge in [-0.15, -0.1) is 0 Å². The second-order valence-electron chi connectivity index (χ2n) is 3.70. The highest BCUT2D eigenvalue weighted by Gasteiger charge is 2.05. The van der Waals surface area contributed by atoms with Gasteiger partial charge in [-0.3, -0.25) is 0 Å². The van der Waals surface area contributed by atoms with Crippen LogP contribution in [0.25, 0.3) is 0 Å². The first kappa shape index (κ1) is 13.3. The molecular weight excluding hydrogens is 222 g/mol. The molecule has 1 aromatic rings. The van der Waals surface area contributed by atoms with Crippen molar-refractivity contribution in [3.63, 3.8) is 0 Å². The Kier molecular flexibility index (Phi) is 5.55. The maximum atomic E-state index is 5.08. The predicted octanol–water partition coefficient (Wildman–Crippen LogP) is 2.31. The molecule has 16 heavy (non-hydrogen) atoms. The van der Waals surface area contributed by atoms with E-state index >= 15 is 0 Å². The molecule has 4 nitrogen and oxygen atoms in total. The van der Waals surface area contributed by atoms with Gasteiger partial charge < -0.3 is 10.1 Å². The Labute approximate surface area is 101 Å². The maximum absolute atomic E-state index is 5.08. The highest BCUT2D eigenvalue weighted by molar-refractivity contribution is 7.99. The Morgan fingerprint density at radius 3 is 2.75 bits per heavy atom. The third-order valence-corrected chi connectivity index (χ3v) is 3.01. The molecule has 1 heterocycles. The third kappa shape index (κ3) is 4.37. The molecule has 0 aliphatic heterocycles. The minimum atomic E-state index is 0.524. The van der Waals surface area contributed by atoms with Gasteiger partial charge in [0.05, 0.1) is 18.1 Å². The van der Waals surface area contributed by atoms with Crippen molar-refractivity contribution in [3.05, 3.63) is 17.6 Å². The van der Waals surface area contributed by atoms with Crippen LogP contribution in [0.15, 0.2) is 6.07 Å². The molecule has 0 unspecified atom stereocenters. The van der Waals surface area contributed by atoms with E-state index in [9.17, 15) is 0 Å². The van der Waals surface area contributed by atoms with E-state index in [0.717, 1.165) is 23.1 Å². The van der Waals surface area contributed by atoms with Crippen molar-refractivity contribution in [2.45, 2.75) is 31.5 Å². The summed E-state index contributed by atoms with van der Waals surface area (Å²) in [4.78, 5) is 8.85. The third-order valence-electron chi connectivity index (χ3n) is 1.92. The average molecular weight is 241 g/mol. The fourth-order valence-electron chi connectivity index (χ4n) is 1.21. The summed E-state index contributed by atoms with van der Waals surface area (Å²) in [6.07, 6.45) is 0.